The summed E-state index contributed by atoms with van der Waals surface area (Å²) in [6, 6.07) is 37.2. The lowest BCUT2D eigenvalue weighted by Gasteiger charge is -2.18. The van der Waals surface area contributed by atoms with Crippen LogP contribution in [0, 0.1) is 0 Å². The summed E-state index contributed by atoms with van der Waals surface area (Å²) in [4.78, 5) is 0. The second-order valence-electron chi connectivity index (χ2n) is 10.6. The number of rotatable bonds is 8. The molecule has 0 bridgehead atoms. The third-order valence-corrected chi connectivity index (χ3v) is 8.03. The van der Waals surface area contributed by atoms with Gasteiger partial charge in [-0.05, 0) is 63.2 Å². The summed E-state index contributed by atoms with van der Waals surface area (Å²) in [5.41, 5.74) is 10.6. The topological polar surface area (TPSA) is 62.8 Å². The van der Waals surface area contributed by atoms with E-state index in [9.17, 15) is 10.2 Å². The first-order chi connectivity index (χ1) is 21.1. The second kappa shape index (κ2) is 12.1. The number of hydrogen-bond donors (Lipinski definition) is 2. The van der Waals surface area contributed by atoms with Crippen molar-refractivity contribution in [2.75, 3.05) is 14.2 Å². The van der Waals surface area contributed by atoms with Gasteiger partial charge in [-0.15, -0.1) is 0 Å². The number of aryl methyl sites for hydroxylation is 1. The number of nitrogens with zero attached hydrogens (tertiary/aromatic N) is 1. The van der Waals surface area contributed by atoms with Crippen LogP contribution in [0.3, 0.4) is 0 Å². The van der Waals surface area contributed by atoms with Crippen LogP contribution in [0.15, 0.2) is 115 Å². The second-order valence-corrected chi connectivity index (χ2v) is 10.6. The standard InChI is InChI=1S/C38H34NO4/c1-39-22-34(37(26-13-8-5-9-14-26)33-19-30(23-40)31(24-41)20-35(33)39)29-18-32(38(43-3)36(21-29)42-2)28-16-10-15-27(17-28)25-11-6-4-7-12-25/h4-22,40-41H,23-24H2,1-3H3/q+1. The summed E-state index contributed by atoms with van der Waals surface area (Å²) in [7, 11) is 5.34. The molecule has 43 heavy (non-hydrogen) atoms. The number of ether oxygens (including phenoxy) is 2. The largest absolute Gasteiger partial charge is 0.493 e. The summed E-state index contributed by atoms with van der Waals surface area (Å²) in [5, 5.41) is 21.2. The van der Waals surface area contributed by atoms with E-state index in [1.165, 1.54) is 0 Å². The Balaban J connectivity index is 1.65. The zero-order valence-corrected chi connectivity index (χ0v) is 24.5. The molecule has 0 saturated heterocycles. The van der Waals surface area contributed by atoms with Gasteiger partial charge in [-0.1, -0.05) is 78.9 Å². The van der Waals surface area contributed by atoms with Crippen LogP contribution >= 0.6 is 0 Å². The van der Waals surface area contributed by atoms with Gasteiger partial charge in [0.15, 0.2) is 17.7 Å². The maximum atomic E-state index is 10.2. The van der Waals surface area contributed by atoms with Crippen molar-refractivity contribution >= 4 is 10.9 Å². The van der Waals surface area contributed by atoms with Gasteiger partial charge < -0.3 is 19.7 Å². The van der Waals surface area contributed by atoms with E-state index in [0.717, 1.165) is 55.4 Å². The highest BCUT2D eigenvalue weighted by Gasteiger charge is 2.24. The highest BCUT2D eigenvalue weighted by atomic mass is 16.5. The fourth-order valence-electron chi connectivity index (χ4n) is 5.90. The van der Waals surface area contributed by atoms with Gasteiger partial charge in [0.1, 0.15) is 7.05 Å². The molecule has 2 N–H and O–H groups in total. The van der Waals surface area contributed by atoms with Gasteiger partial charge in [0.2, 0.25) is 5.52 Å². The number of fused-ring (bicyclic) bond motifs is 1. The number of aliphatic hydroxyl groups excluding tert-OH is 2. The maximum Gasteiger partial charge on any atom is 0.213 e. The maximum absolute atomic E-state index is 10.2. The van der Waals surface area contributed by atoms with E-state index in [-0.39, 0.29) is 13.2 Å². The van der Waals surface area contributed by atoms with Gasteiger partial charge in [-0.25, -0.2) is 4.57 Å². The van der Waals surface area contributed by atoms with Crippen LogP contribution < -0.4 is 14.0 Å². The summed E-state index contributed by atoms with van der Waals surface area (Å²) in [5.74, 6) is 1.30. The molecule has 6 rings (SSSR count). The Kier molecular flexibility index (Phi) is 7.93. The summed E-state index contributed by atoms with van der Waals surface area (Å²) in [6.07, 6.45) is 2.12. The minimum Gasteiger partial charge on any atom is -0.493 e. The first-order valence-corrected chi connectivity index (χ1v) is 14.2. The van der Waals surface area contributed by atoms with Crippen LogP contribution in [0.4, 0.5) is 0 Å². The highest BCUT2D eigenvalue weighted by Crippen LogP contribution is 2.45. The molecule has 5 heteroatoms. The molecule has 0 spiro atoms. The molecule has 0 radical (unpaired) electrons. The van der Waals surface area contributed by atoms with E-state index >= 15 is 0 Å². The molecule has 6 aromatic rings. The quantitative estimate of drug-likeness (QED) is 0.189. The van der Waals surface area contributed by atoms with Crippen molar-refractivity contribution in [3.63, 3.8) is 0 Å². The molecule has 0 saturated carbocycles. The molecular formula is C38H34NO4+. The van der Waals surface area contributed by atoms with Crippen LogP contribution in [0.2, 0.25) is 0 Å². The van der Waals surface area contributed by atoms with E-state index in [1.807, 2.05) is 61.6 Å². The number of benzene rings is 5. The van der Waals surface area contributed by atoms with Crippen molar-refractivity contribution in [3.05, 3.63) is 127 Å². The predicted octanol–water partition coefficient (Wildman–Crippen LogP) is 7.33. The lowest BCUT2D eigenvalue weighted by molar-refractivity contribution is -0.644. The predicted molar refractivity (Wildman–Crippen MR) is 172 cm³/mol. The van der Waals surface area contributed by atoms with E-state index < -0.39 is 0 Å². The van der Waals surface area contributed by atoms with Crippen LogP contribution in [0.25, 0.3) is 55.4 Å². The van der Waals surface area contributed by atoms with Crippen molar-refractivity contribution in [3.8, 4) is 56.0 Å². The number of pyridine rings is 1. The van der Waals surface area contributed by atoms with Crippen molar-refractivity contribution in [1.82, 2.24) is 0 Å². The average molecular weight is 569 g/mol. The molecule has 1 aromatic heterocycles. The smallest absolute Gasteiger partial charge is 0.213 e. The number of aliphatic hydroxyl groups is 2. The van der Waals surface area contributed by atoms with Crippen molar-refractivity contribution in [2.24, 2.45) is 7.05 Å². The van der Waals surface area contributed by atoms with Gasteiger partial charge in [0.25, 0.3) is 0 Å². The molecule has 0 atom stereocenters. The molecule has 0 unspecified atom stereocenters. The van der Waals surface area contributed by atoms with E-state index in [0.29, 0.717) is 22.6 Å². The number of methoxy groups -OCH3 is 2. The van der Waals surface area contributed by atoms with Gasteiger partial charge in [0.05, 0.1) is 38.4 Å². The normalized spacial score (nSPS) is 11.1. The van der Waals surface area contributed by atoms with Crippen molar-refractivity contribution in [2.45, 2.75) is 13.2 Å². The zero-order chi connectivity index (χ0) is 29.9. The minimum absolute atomic E-state index is 0.144. The molecule has 0 aliphatic heterocycles. The monoisotopic (exact) mass is 568 g/mol. The molecule has 1 heterocycles. The SMILES string of the molecule is COc1cc(-c2c[n+](C)c3cc(CO)c(CO)cc3c2-c2ccccc2)cc(-c2cccc(-c3ccccc3)c2)c1OC. The Morgan fingerprint density at radius 2 is 1.21 bits per heavy atom. The Hall–Kier alpha value is -4.97. The Morgan fingerprint density at radius 3 is 1.86 bits per heavy atom. The zero-order valence-electron chi connectivity index (χ0n) is 24.5. The van der Waals surface area contributed by atoms with Gasteiger partial charge in [-0.2, -0.15) is 0 Å². The Labute approximate surface area is 251 Å². The lowest BCUT2D eigenvalue weighted by atomic mass is 9.89. The lowest BCUT2D eigenvalue weighted by Crippen LogP contribution is -2.29. The minimum atomic E-state index is -0.160. The van der Waals surface area contributed by atoms with Crippen LogP contribution in [0.1, 0.15) is 11.1 Å². The molecule has 0 amide bonds. The number of hydrogen-bond acceptors (Lipinski definition) is 4. The molecule has 0 aliphatic carbocycles. The highest BCUT2D eigenvalue weighted by molar-refractivity contribution is 6.02. The molecule has 214 valence electrons. The summed E-state index contributed by atoms with van der Waals surface area (Å²) < 4.78 is 13.9. The molecule has 0 fully saturated rings. The van der Waals surface area contributed by atoms with Gasteiger partial charge >= 0.3 is 0 Å². The van der Waals surface area contributed by atoms with Gasteiger partial charge in [0, 0.05) is 17.2 Å². The van der Waals surface area contributed by atoms with Crippen molar-refractivity contribution < 1.29 is 24.3 Å². The summed E-state index contributed by atoms with van der Waals surface area (Å²) in [6.45, 7) is -0.304. The summed E-state index contributed by atoms with van der Waals surface area (Å²) >= 11 is 0. The van der Waals surface area contributed by atoms with E-state index in [4.69, 9.17) is 9.47 Å². The number of aromatic nitrogens is 1. The molecule has 5 aromatic carbocycles. The van der Waals surface area contributed by atoms with Crippen LogP contribution in [-0.4, -0.2) is 24.4 Å². The fourth-order valence-corrected chi connectivity index (χ4v) is 5.90. The van der Waals surface area contributed by atoms with E-state index in [2.05, 4.69) is 65.4 Å². The molecule has 5 nitrogen and oxygen atoms in total. The van der Waals surface area contributed by atoms with Gasteiger partial charge in [-0.3, -0.25) is 0 Å². The first-order valence-electron chi connectivity index (χ1n) is 14.2. The fraction of sp³-hybridized carbons (Fsp3) is 0.132. The van der Waals surface area contributed by atoms with E-state index in [1.54, 1.807) is 14.2 Å². The average Bonchev–Trinajstić information content (AvgIpc) is 3.07. The third kappa shape index (κ3) is 5.25. The Bertz CT molecular complexity index is 1920. The molecule has 0 aliphatic rings. The first kappa shape index (κ1) is 28.2. The molecular weight excluding hydrogens is 534 g/mol. The Morgan fingerprint density at radius 1 is 0.581 bits per heavy atom. The van der Waals surface area contributed by atoms with Crippen LogP contribution in [0.5, 0.6) is 11.5 Å². The van der Waals surface area contributed by atoms with Crippen molar-refractivity contribution in [1.29, 1.82) is 0 Å². The van der Waals surface area contributed by atoms with Crippen LogP contribution in [-0.2, 0) is 20.3 Å². The third-order valence-electron chi connectivity index (χ3n) is 8.03.